The molecule has 0 spiro atoms. The van der Waals surface area contributed by atoms with E-state index in [1.165, 1.54) is 0 Å². The molecule has 3 aromatic rings. The predicted octanol–water partition coefficient (Wildman–Crippen LogP) is 3.51. The summed E-state index contributed by atoms with van der Waals surface area (Å²) in [6, 6.07) is 12.8. The van der Waals surface area contributed by atoms with Gasteiger partial charge in [0, 0.05) is 34.6 Å². The fourth-order valence-corrected chi connectivity index (χ4v) is 3.65. The van der Waals surface area contributed by atoms with Crippen LogP contribution in [0.3, 0.4) is 0 Å². The number of nitrogens with two attached hydrogens (primary N) is 1. The van der Waals surface area contributed by atoms with Crippen molar-refractivity contribution in [3.63, 3.8) is 0 Å². The average molecular weight is 368 g/mol. The first kappa shape index (κ1) is 16.7. The largest absolute Gasteiger partial charge is 0.366 e. The molecular formula is C20H18ClN3O2. The standard InChI is InChI=1S/C20H18ClN3O2/c21-16-5-6-17-15(9-16)10-18(23-17)20(26)24-7-1-2-12-8-13(19(22)25)3-4-14(12)11-24/h3-6,8-10,23H,1-2,7,11H2,(H2,22,25). The molecule has 2 heterocycles. The third-order valence-corrected chi connectivity index (χ3v) is 5.06. The number of benzene rings is 2. The van der Waals surface area contributed by atoms with Crippen LogP contribution in [0.2, 0.25) is 5.02 Å². The zero-order valence-corrected chi connectivity index (χ0v) is 14.8. The van der Waals surface area contributed by atoms with Crippen molar-refractivity contribution in [3.8, 4) is 0 Å². The number of H-pyrrole nitrogens is 1. The van der Waals surface area contributed by atoms with E-state index in [1.807, 2.05) is 35.2 Å². The number of aryl methyl sites for hydroxylation is 1. The van der Waals surface area contributed by atoms with Crippen LogP contribution in [0.25, 0.3) is 10.9 Å². The Morgan fingerprint density at radius 3 is 2.73 bits per heavy atom. The second-order valence-corrected chi connectivity index (χ2v) is 7.03. The molecule has 0 radical (unpaired) electrons. The predicted molar refractivity (Wildman–Crippen MR) is 101 cm³/mol. The maximum Gasteiger partial charge on any atom is 0.270 e. The third-order valence-electron chi connectivity index (χ3n) is 4.83. The van der Waals surface area contributed by atoms with Crippen LogP contribution in [0.1, 0.15) is 38.4 Å². The van der Waals surface area contributed by atoms with E-state index in [2.05, 4.69) is 4.98 Å². The van der Waals surface area contributed by atoms with Gasteiger partial charge in [0.2, 0.25) is 5.91 Å². The van der Waals surface area contributed by atoms with Crippen molar-refractivity contribution in [1.82, 2.24) is 9.88 Å². The van der Waals surface area contributed by atoms with E-state index in [0.717, 1.165) is 34.9 Å². The summed E-state index contributed by atoms with van der Waals surface area (Å²) >= 11 is 6.03. The number of carbonyl (C=O) groups excluding carboxylic acids is 2. The summed E-state index contributed by atoms with van der Waals surface area (Å²) in [6.07, 6.45) is 1.66. The number of fused-ring (bicyclic) bond motifs is 2. The van der Waals surface area contributed by atoms with E-state index in [-0.39, 0.29) is 5.91 Å². The van der Waals surface area contributed by atoms with Gasteiger partial charge in [-0.2, -0.15) is 0 Å². The molecule has 5 nitrogen and oxygen atoms in total. The van der Waals surface area contributed by atoms with Crippen molar-refractivity contribution >= 4 is 34.3 Å². The Kier molecular flexibility index (Phi) is 4.17. The van der Waals surface area contributed by atoms with Gasteiger partial charge in [0.25, 0.3) is 5.91 Å². The van der Waals surface area contributed by atoms with Gasteiger partial charge in [-0.15, -0.1) is 0 Å². The number of carbonyl (C=O) groups is 2. The Hall–Kier alpha value is -2.79. The Morgan fingerprint density at radius 2 is 1.92 bits per heavy atom. The van der Waals surface area contributed by atoms with Crippen LogP contribution < -0.4 is 5.73 Å². The topological polar surface area (TPSA) is 79.2 Å². The Morgan fingerprint density at radius 1 is 1.08 bits per heavy atom. The highest BCUT2D eigenvalue weighted by Crippen LogP contribution is 2.24. The molecule has 0 aliphatic carbocycles. The highest BCUT2D eigenvalue weighted by molar-refractivity contribution is 6.31. The molecule has 0 fully saturated rings. The molecular weight excluding hydrogens is 350 g/mol. The first-order chi connectivity index (χ1) is 12.5. The van der Waals surface area contributed by atoms with Gasteiger partial charge in [-0.3, -0.25) is 9.59 Å². The number of nitrogens with one attached hydrogen (secondary N) is 1. The molecule has 132 valence electrons. The molecule has 3 N–H and O–H groups in total. The number of hydrogen-bond acceptors (Lipinski definition) is 2. The van der Waals surface area contributed by atoms with Crippen LogP contribution in [-0.4, -0.2) is 28.2 Å². The minimum Gasteiger partial charge on any atom is -0.366 e. The molecule has 0 bridgehead atoms. The molecule has 6 heteroatoms. The van der Waals surface area contributed by atoms with E-state index in [1.54, 1.807) is 12.1 Å². The van der Waals surface area contributed by atoms with E-state index in [0.29, 0.717) is 29.4 Å². The lowest BCUT2D eigenvalue weighted by atomic mass is 10.0. The molecule has 0 unspecified atom stereocenters. The van der Waals surface area contributed by atoms with Gasteiger partial charge in [-0.25, -0.2) is 0 Å². The minimum absolute atomic E-state index is 0.0378. The average Bonchev–Trinajstić information content (AvgIpc) is 2.91. The fraction of sp³-hybridized carbons (Fsp3) is 0.200. The smallest absolute Gasteiger partial charge is 0.270 e. The normalized spacial score (nSPS) is 14.1. The number of aromatic amines is 1. The van der Waals surface area contributed by atoms with Crippen LogP contribution in [0.5, 0.6) is 0 Å². The maximum atomic E-state index is 13.0. The molecule has 0 saturated heterocycles. The molecule has 1 aromatic heterocycles. The summed E-state index contributed by atoms with van der Waals surface area (Å²) < 4.78 is 0. The number of rotatable bonds is 2. The molecule has 0 saturated carbocycles. The van der Waals surface area contributed by atoms with Gasteiger partial charge in [-0.1, -0.05) is 17.7 Å². The summed E-state index contributed by atoms with van der Waals surface area (Å²) in [5, 5.41) is 1.56. The van der Waals surface area contributed by atoms with Crippen LogP contribution in [0.4, 0.5) is 0 Å². The molecule has 0 atom stereocenters. The number of nitrogens with zero attached hydrogens (tertiary/aromatic N) is 1. The molecule has 4 rings (SSSR count). The van der Waals surface area contributed by atoms with Crippen LogP contribution >= 0.6 is 11.6 Å². The van der Waals surface area contributed by atoms with Crippen molar-refractivity contribution in [2.45, 2.75) is 19.4 Å². The minimum atomic E-state index is -0.429. The monoisotopic (exact) mass is 367 g/mol. The first-order valence-electron chi connectivity index (χ1n) is 8.50. The lowest BCUT2D eigenvalue weighted by molar-refractivity contribution is 0.0740. The third kappa shape index (κ3) is 3.06. The summed E-state index contributed by atoms with van der Waals surface area (Å²) in [4.78, 5) is 29.4. The Bertz CT molecular complexity index is 1030. The summed E-state index contributed by atoms with van der Waals surface area (Å²) in [6.45, 7) is 1.18. The highest BCUT2D eigenvalue weighted by atomic mass is 35.5. The number of halogens is 1. The molecule has 2 amide bonds. The molecule has 26 heavy (non-hydrogen) atoms. The van der Waals surface area contributed by atoms with Gasteiger partial charge in [-0.05, 0) is 60.4 Å². The van der Waals surface area contributed by atoms with Crippen LogP contribution in [-0.2, 0) is 13.0 Å². The van der Waals surface area contributed by atoms with Gasteiger partial charge in [0.1, 0.15) is 5.69 Å². The first-order valence-corrected chi connectivity index (χ1v) is 8.88. The molecule has 1 aliphatic heterocycles. The Labute approximate surface area is 155 Å². The van der Waals surface area contributed by atoms with Crippen molar-refractivity contribution in [2.24, 2.45) is 5.73 Å². The van der Waals surface area contributed by atoms with Gasteiger partial charge in [0.15, 0.2) is 0 Å². The van der Waals surface area contributed by atoms with Gasteiger partial charge >= 0.3 is 0 Å². The zero-order chi connectivity index (χ0) is 18.3. The number of amides is 2. The van der Waals surface area contributed by atoms with Gasteiger partial charge < -0.3 is 15.6 Å². The van der Waals surface area contributed by atoms with Gasteiger partial charge in [0.05, 0.1) is 0 Å². The molecule has 2 aromatic carbocycles. The summed E-state index contributed by atoms with van der Waals surface area (Å²) in [7, 11) is 0. The van der Waals surface area contributed by atoms with Crippen molar-refractivity contribution in [1.29, 1.82) is 0 Å². The maximum absolute atomic E-state index is 13.0. The van der Waals surface area contributed by atoms with Crippen molar-refractivity contribution in [3.05, 3.63) is 69.9 Å². The highest BCUT2D eigenvalue weighted by Gasteiger charge is 2.22. The van der Waals surface area contributed by atoms with E-state index < -0.39 is 5.91 Å². The van der Waals surface area contributed by atoms with E-state index in [4.69, 9.17) is 17.3 Å². The zero-order valence-electron chi connectivity index (χ0n) is 14.1. The second kappa shape index (κ2) is 6.50. The number of hydrogen-bond donors (Lipinski definition) is 2. The van der Waals surface area contributed by atoms with Crippen LogP contribution in [0, 0.1) is 0 Å². The van der Waals surface area contributed by atoms with Crippen LogP contribution in [0.15, 0.2) is 42.5 Å². The fourth-order valence-electron chi connectivity index (χ4n) is 3.47. The SMILES string of the molecule is NC(=O)c1ccc2c(c1)CCCN(C(=O)c1cc3cc(Cl)ccc3[nH]1)C2. The van der Waals surface area contributed by atoms with E-state index >= 15 is 0 Å². The van der Waals surface area contributed by atoms with Crippen molar-refractivity contribution in [2.75, 3.05) is 6.54 Å². The quantitative estimate of drug-likeness (QED) is 0.726. The second-order valence-electron chi connectivity index (χ2n) is 6.59. The lowest BCUT2D eigenvalue weighted by Gasteiger charge is -2.20. The number of aromatic nitrogens is 1. The lowest BCUT2D eigenvalue weighted by Crippen LogP contribution is -2.30. The summed E-state index contributed by atoms with van der Waals surface area (Å²) in [5.41, 5.74) is 9.46. The van der Waals surface area contributed by atoms with E-state index in [9.17, 15) is 9.59 Å². The molecule has 1 aliphatic rings. The van der Waals surface area contributed by atoms with Crippen molar-refractivity contribution < 1.29 is 9.59 Å². The summed E-state index contributed by atoms with van der Waals surface area (Å²) in [5.74, 6) is -0.467. The number of primary amides is 1. The Balaban J connectivity index is 1.62.